The van der Waals surface area contributed by atoms with Crippen LogP contribution in [-0.2, 0) is 18.8 Å². The summed E-state index contributed by atoms with van der Waals surface area (Å²) in [5.74, 6) is 1.96. The van der Waals surface area contributed by atoms with E-state index in [-0.39, 0.29) is 57.7 Å². The zero-order valence-electron chi connectivity index (χ0n) is 25.1. The summed E-state index contributed by atoms with van der Waals surface area (Å²) >= 11 is 0. The van der Waals surface area contributed by atoms with Gasteiger partial charge in [0.15, 0.2) is 8.32 Å². The average Bonchev–Trinajstić information content (AvgIpc) is 3.16. The molecule has 4 rings (SSSR count). The molecule has 0 saturated heterocycles. The van der Waals surface area contributed by atoms with Gasteiger partial charge in [-0.05, 0) is 104 Å². The fraction of sp³-hybridized carbons (Fsp3) is 0.935. The molecule has 1 N–H and O–H groups in total. The molecule has 6 heteroatoms. The minimum Gasteiger partial charge on any atom is -0.469 e. The standard InChI is InChI=1S/C31H54O5Si/c1-19(10-13-27(34)35-7)22-11-12-23-28-24(18-26(33)31(22,23)6)30(5)15-14-21(16-20(30)17-25(28)32)36-37(8,9)29(2,3)4/h19-25,28,32H,10-18H2,1-9H3/t19-,20+,21?,22-,23+,24+,25-,28+,30+,31-/m1/s1. The van der Waals surface area contributed by atoms with E-state index in [9.17, 15) is 14.7 Å². The molecule has 0 aliphatic heterocycles. The minimum absolute atomic E-state index is 0.1000. The molecule has 0 heterocycles. The second-order valence-corrected chi connectivity index (χ2v) is 20.0. The molecule has 5 nitrogen and oxygen atoms in total. The Morgan fingerprint density at radius 3 is 2.43 bits per heavy atom. The van der Waals surface area contributed by atoms with E-state index in [4.69, 9.17) is 9.16 Å². The lowest BCUT2D eigenvalue weighted by Crippen LogP contribution is -2.61. The first kappa shape index (κ1) is 29.3. The van der Waals surface area contributed by atoms with E-state index >= 15 is 0 Å². The number of ketones is 1. The van der Waals surface area contributed by atoms with E-state index < -0.39 is 8.32 Å². The van der Waals surface area contributed by atoms with Crippen LogP contribution in [0, 0.1) is 46.3 Å². The number of aliphatic hydroxyl groups is 1. The van der Waals surface area contributed by atoms with Crippen molar-refractivity contribution < 1.29 is 23.9 Å². The van der Waals surface area contributed by atoms with Gasteiger partial charge in [0.25, 0.3) is 0 Å². The van der Waals surface area contributed by atoms with Crippen molar-refractivity contribution in [1.29, 1.82) is 0 Å². The van der Waals surface area contributed by atoms with Crippen LogP contribution in [0.5, 0.6) is 0 Å². The van der Waals surface area contributed by atoms with Crippen molar-refractivity contribution in [1.82, 2.24) is 0 Å². The van der Waals surface area contributed by atoms with Crippen LogP contribution >= 0.6 is 0 Å². The number of Topliss-reactive ketones (excluding diaryl/α,β-unsaturated/α-hetero) is 1. The number of rotatable bonds is 6. The third-order valence-corrected chi connectivity index (χ3v) is 17.1. The van der Waals surface area contributed by atoms with Gasteiger partial charge >= 0.3 is 5.97 Å². The molecule has 212 valence electrons. The first-order valence-corrected chi connectivity index (χ1v) is 17.9. The largest absolute Gasteiger partial charge is 0.469 e. The van der Waals surface area contributed by atoms with Gasteiger partial charge in [-0.3, -0.25) is 9.59 Å². The summed E-state index contributed by atoms with van der Waals surface area (Å²) in [7, 11) is -0.404. The smallest absolute Gasteiger partial charge is 0.305 e. The van der Waals surface area contributed by atoms with Crippen LogP contribution in [-0.4, -0.2) is 44.5 Å². The Labute approximate surface area is 227 Å². The first-order chi connectivity index (χ1) is 17.1. The fourth-order valence-electron chi connectivity index (χ4n) is 9.19. The van der Waals surface area contributed by atoms with Gasteiger partial charge in [-0.15, -0.1) is 0 Å². The number of fused-ring (bicyclic) bond motifs is 5. The summed E-state index contributed by atoms with van der Waals surface area (Å²) in [5, 5.41) is 11.9. The molecular weight excluding hydrogens is 480 g/mol. The van der Waals surface area contributed by atoms with Gasteiger partial charge in [-0.25, -0.2) is 0 Å². The van der Waals surface area contributed by atoms with Crippen LogP contribution < -0.4 is 0 Å². The van der Waals surface area contributed by atoms with Crippen molar-refractivity contribution in [2.75, 3.05) is 7.11 Å². The lowest BCUT2D eigenvalue weighted by molar-refractivity contribution is -0.181. The molecule has 0 aromatic heterocycles. The highest BCUT2D eigenvalue weighted by Crippen LogP contribution is 2.67. The number of hydrogen-bond acceptors (Lipinski definition) is 5. The summed E-state index contributed by atoms with van der Waals surface area (Å²) < 4.78 is 11.7. The topological polar surface area (TPSA) is 72.8 Å². The van der Waals surface area contributed by atoms with E-state index in [1.807, 2.05) is 0 Å². The van der Waals surface area contributed by atoms with Crippen LogP contribution in [0.15, 0.2) is 0 Å². The van der Waals surface area contributed by atoms with Gasteiger partial charge in [0.2, 0.25) is 0 Å². The molecule has 0 radical (unpaired) electrons. The van der Waals surface area contributed by atoms with E-state index in [0.29, 0.717) is 30.5 Å². The predicted octanol–water partition coefficient (Wildman–Crippen LogP) is 6.77. The van der Waals surface area contributed by atoms with Gasteiger partial charge in [0.05, 0.1) is 13.2 Å². The number of hydrogen-bond donors (Lipinski definition) is 1. The Morgan fingerprint density at radius 1 is 1.14 bits per heavy atom. The Kier molecular flexibility index (Phi) is 7.93. The zero-order chi connectivity index (χ0) is 27.6. The fourth-order valence-corrected chi connectivity index (χ4v) is 10.6. The van der Waals surface area contributed by atoms with E-state index in [1.165, 1.54) is 7.11 Å². The predicted molar refractivity (Wildman–Crippen MR) is 149 cm³/mol. The molecule has 4 aliphatic carbocycles. The number of carbonyl (C=O) groups excluding carboxylic acids is 2. The average molecular weight is 535 g/mol. The van der Waals surface area contributed by atoms with Crippen molar-refractivity contribution in [3.63, 3.8) is 0 Å². The molecule has 1 unspecified atom stereocenters. The van der Waals surface area contributed by atoms with Crippen molar-refractivity contribution in [2.45, 2.75) is 130 Å². The van der Waals surface area contributed by atoms with Crippen LogP contribution in [0.1, 0.15) is 99.3 Å². The molecule has 0 spiro atoms. The summed E-state index contributed by atoms with van der Waals surface area (Å²) in [6, 6.07) is 0. The van der Waals surface area contributed by atoms with Crippen molar-refractivity contribution in [3.05, 3.63) is 0 Å². The maximum atomic E-state index is 14.1. The monoisotopic (exact) mass is 534 g/mol. The zero-order valence-corrected chi connectivity index (χ0v) is 26.1. The molecule has 0 aromatic rings. The summed E-state index contributed by atoms with van der Waals surface area (Å²) in [6.45, 7) is 18.4. The summed E-state index contributed by atoms with van der Waals surface area (Å²) in [4.78, 5) is 25.8. The molecule has 0 aromatic carbocycles. The Hall–Kier alpha value is -0.723. The van der Waals surface area contributed by atoms with Gasteiger partial charge in [-0.2, -0.15) is 0 Å². The Morgan fingerprint density at radius 2 is 1.81 bits per heavy atom. The van der Waals surface area contributed by atoms with Gasteiger partial charge in [0, 0.05) is 24.4 Å². The maximum absolute atomic E-state index is 14.1. The quantitative estimate of drug-likeness (QED) is 0.300. The lowest BCUT2D eigenvalue weighted by atomic mass is 9.43. The van der Waals surface area contributed by atoms with E-state index in [0.717, 1.165) is 44.9 Å². The highest BCUT2D eigenvalue weighted by molar-refractivity contribution is 6.74. The summed E-state index contributed by atoms with van der Waals surface area (Å²) in [6.07, 6.45) is 7.80. The highest BCUT2D eigenvalue weighted by Gasteiger charge is 2.66. The van der Waals surface area contributed by atoms with Crippen molar-refractivity contribution >= 4 is 20.1 Å². The van der Waals surface area contributed by atoms with Crippen molar-refractivity contribution in [3.8, 4) is 0 Å². The van der Waals surface area contributed by atoms with E-state index in [1.54, 1.807) is 0 Å². The van der Waals surface area contributed by atoms with Crippen LogP contribution in [0.3, 0.4) is 0 Å². The molecule has 4 saturated carbocycles. The third-order valence-electron chi connectivity index (χ3n) is 12.6. The molecule has 10 atom stereocenters. The molecular formula is C31H54O5Si. The first-order valence-electron chi connectivity index (χ1n) is 15.0. The molecule has 37 heavy (non-hydrogen) atoms. The maximum Gasteiger partial charge on any atom is 0.305 e. The molecule has 4 fully saturated rings. The SMILES string of the molecule is COC(=O)CC[C@@H](C)[C@H]1CC[C@H]2[C@@H]3[C@H](O)C[C@@H]4CC(O[Si](C)(C)C(C)(C)C)CC[C@]4(C)[C@H]3CC(=O)[C@]12C. The Balaban J connectivity index is 1.52. The number of methoxy groups -OCH3 is 1. The normalized spacial score (nSPS) is 43.0. The third kappa shape index (κ3) is 4.90. The van der Waals surface area contributed by atoms with Crippen LogP contribution in [0.4, 0.5) is 0 Å². The second kappa shape index (κ2) is 10.0. The highest BCUT2D eigenvalue weighted by atomic mass is 28.4. The number of esters is 1. The molecule has 0 bridgehead atoms. The van der Waals surface area contributed by atoms with Crippen LogP contribution in [0.2, 0.25) is 18.1 Å². The van der Waals surface area contributed by atoms with Gasteiger partial charge in [0.1, 0.15) is 5.78 Å². The number of ether oxygens (including phenoxy) is 1. The van der Waals surface area contributed by atoms with E-state index in [2.05, 4.69) is 54.6 Å². The molecule has 4 aliphatic rings. The lowest BCUT2D eigenvalue weighted by Gasteiger charge is -2.62. The second-order valence-electron chi connectivity index (χ2n) is 15.3. The van der Waals surface area contributed by atoms with Crippen molar-refractivity contribution in [2.24, 2.45) is 46.3 Å². The molecule has 0 amide bonds. The number of carbonyl (C=O) groups is 2. The van der Waals surface area contributed by atoms with Gasteiger partial charge < -0.3 is 14.3 Å². The number of aliphatic hydroxyl groups excluding tert-OH is 1. The Bertz CT molecular complexity index is 879. The summed E-state index contributed by atoms with van der Waals surface area (Å²) in [5.41, 5.74) is -0.285. The minimum atomic E-state index is -1.84. The van der Waals surface area contributed by atoms with Crippen LogP contribution in [0.25, 0.3) is 0 Å². The van der Waals surface area contributed by atoms with Gasteiger partial charge in [-0.1, -0.05) is 41.5 Å².